The molecule has 3 heterocycles. The van der Waals surface area contributed by atoms with Gasteiger partial charge in [0.05, 0.1) is 17.3 Å². The molecule has 7 nitrogen and oxygen atoms in total. The summed E-state index contributed by atoms with van der Waals surface area (Å²) < 4.78 is 7.61. The Hall–Kier alpha value is -2.45. The van der Waals surface area contributed by atoms with Crippen LogP contribution in [0.2, 0.25) is 0 Å². The minimum Gasteiger partial charge on any atom is -0.497 e. The predicted octanol–water partition coefficient (Wildman–Crippen LogP) is 1.74. The molecule has 0 radical (unpaired) electrons. The Morgan fingerprint density at radius 3 is 2.92 bits per heavy atom. The van der Waals surface area contributed by atoms with Crippen LogP contribution < -0.4 is 15.6 Å². The maximum Gasteiger partial charge on any atom is 0.271 e. The molecule has 1 aliphatic rings. The number of amides is 1. The SMILES string of the molecule is COc1ccc2c(c1)sc1ncc(C(=O)NCCN3CCCC3)c(=O)n12. The van der Waals surface area contributed by atoms with E-state index in [9.17, 15) is 9.59 Å². The third-order valence-electron chi connectivity index (χ3n) is 4.69. The first-order valence-corrected chi connectivity index (χ1v) is 9.48. The molecular formula is C18H20N4O3S. The van der Waals surface area contributed by atoms with Gasteiger partial charge in [0.2, 0.25) is 0 Å². The van der Waals surface area contributed by atoms with Crippen LogP contribution in [-0.4, -0.2) is 53.5 Å². The lowest BCUT2D eigenvalue weighted by Crippen LogP contribution is -2.36. The van der Waals surface area contributed by atoms with E-state index in [2.05, 4.69) is 15.2 Å². The van der Waals surface area contributed by atoms with Crippen LogP contribution >= 0.6 is 11.3 Å². The van der Waals surface area contributed by atoms with Crippen molar-refractivity contribution in [2.45, 2.75) is 12.8 Å². The molecule has 0 spiro atoms. The largest absolute Gasteiger partial charge is 0.497 e. The average Bonchev–Trinajstić information content (AvgIpc) is 3.28. The van der Waals surface area contributed by atoms with Gasteiger partial charge in [-0.15, -0.1) is 0 Å². The molecule has 136 valence electrons. The van der Waals surface area contributed by atoms with Crippen LogP contribution in [0.3, 0.4) is 0 Å². The lowest BCUT2D eigenvalue weighted by molar-refractivity contribution is 0.0948. The zero-order valence-corrected chi connectivity index (χ0v) is 15.3. The Morgan fingerprint density at radius 2 is 2.15 bits per heavy atom. The molecule has 4 rings (SSSR count). The van der Waals surface area contributed by atoms with E-state index in [0.717, 1.165) is 35.6 Å². The lowest BCUT2D eigenvalue weighted by atomic mass is 10.3. The molecule has 3 aromatic rings. The normalized spacial score (nSPS) is 15.0. The van der Waals surface area contributed by atoms with E-state index in [1.807, 2.05) is 12.1 Å². The van der Waals surface area contributed by atoms with Crippen LogP contribution in [0.25, 0.3) is 15.2 Å². The first-order chi connectivity index (χ1) is 12.7. The van der Waals surface area contributed by atoms with Crippen molar-refractivity contribution in [3.8, 4) is 5.75 Å². The van der Waals surface area contributed by atoms with Crippen molar-refractivity contribution in [3.63, 3.8) is 0 Å². The molecule has 0 saturated carbocycles. The van der Waals surface area contributed by atoms with Crippen molar-refractivity contribution in [1.82, 2.24) is 19.6 Å². The van der Waals surface area contributed by atoms with Gasteiger partial charge in [-0.2, -0.15) is 0 Å². The van der Waals surface area contributed by atoms with Gasteiger partial charge in [0.15, 0.2) is 4.96 Å². The number of benzene rings is 1. The molecule has 1 fully saturated rings. The van der Waals surface area contributed by atoms with Crippen molar-refractivity contribution in [2.75, 3.05) is 33.3 Å². The Morgan fingerprint density at radius 1 is 1.35 bits per heavy atom. The number of ether oxygens (including phenoxy) is 1. The van der Waals surface area contributed by atoms with Crippen LogP contribution in [-0.2, 0) is 0 Å². The number of fused-ring (bicyclic) bond motifs is 3. The van der Waals surface area contributed by atoms with Gasteiger partial charge in [-0.1, -0.05) is 11.3 Å². The topological polar surface area (TPSA) is 75.9 Å². The smallest absolute Gasteiger partial charge is 0.271 e. The molecule has 1 aromatic carbocycles. The highest BCUT2D eigenvalue weighted by molar-refractivity contribution is 7.23. The van der Waals surface area contributed by atoms with Crippen molar-refractivity contribution < 1.29 is 9.53 Å². The van der Waals surface area contributed by atoms with Crippen molar-refractivity contribution in [3.05, 3.63) is 40.3 Å². The molecule has 0 unspecified atom stereocenters. The number of carbonyl (C=O) groups excluding carboxylic acids is 1. The van der Waals surface area contributed by atoms with Crippen molar-refractivity contribution >= 4 is 32.4 Å². The Kier molecular flexibility index (Phi) is 4.60. The molecule has 1 saturated heterocycles. The van der Waals surface area contributed by atoms with Gasteiger partial charge in [0, 0.05) is 19.3 Å². The van der Waals surface area contributed by atoms with Crippen LogP contribution in [0, 0.1) is 0 Å². The van der Waals surface area contributed by atoms with E-state index in [1.165, 1.54) is 34.8 Å². The van der Waals surface area contributed by atoms with Crippen molar-refractivity contribution in [2.24, 2.45) is 0 Å². The number of carbonyl (C=O) groups is 1. The second kappa shape index (κ2) is 7.05. The van der Waals surface area contributed by atoms with Crippen LogP contribution in [0.15, 0.2) is 29.2 Å². The molecule has 1 amide bonds. The Balaban J connectivity index is 1.61. The fraction of sp³-hybridized carbons (Fsp3) is 0.389. The van der Waals surface area contributed by atoms with E-state index in [-0.39, 0.29) is 17.0 Å². The van der Waals surface area contributed by atoms with Gasteiger partial charge < -0.3 is 15.0 Å². The fourth-order valence-electron chi connectivity index (χ4n) is 3.30. The summed E-state index contributed by atoms with van der Waals surface area (Å²) in [7, 11) is 1.60. The number of rotatable bonds is 5. The molecule has 1 N–H and O–H groups in total. The molecular weight excluding hydrogens is 352 g/mol. The monoisotopic (exact) mass is 372 g/mol. The average molecular weight is 372 g/mol. The molecule has 0 aliphatic carbocycles. The summed E-state index contributed by atoms with van der Waals surface area (Å²) in [6, 6.07) is 5.48. The maximum absolute atomic E-state index is 12.8. The van der Waals surface area contributed by atoms with E-state index in [0.29, 0.717) is 11.5 Å². The summed E-state index contributed by atoms with van der Waals surface area (Å²) in [5, 5.41) is 2.84. The number of likely N-dealkylation sites (tertiary alicyclic amines) is 1. The third-order valence-corrected chi connectivity index (χ3v) is 5.71. The van der Waals surface area contributed by atoms with Gasteiger partial charge in [-0.3, -0.25) is 14.0 Å². The van der Waals surface area contributed by atoms with Gasteiger partial charge in [0.1, 0.15) is 11.3 Å². The lowest BCUT2D eigenvalue weighted by Gasteiger charge is -2.14. The van der Waals surface area contributed by atoms with Gasteiger partial charge >= 0.3 is 0 Å². The highest BCUT2D eigenvalue weighted by atomic mass is 32.1. The van der Waals surface area contributed by atoms with Gasteiger partial charge in [0.25, 0.3) is 11.5 Å². The molecule has 2 aromatic heterocycles. The summed E-state index contributed by atoms with van der Waals surface area (Å²) in [5.74, 6) is 0.348. The summed E-state index contributed by atoms with van der Waals surface area (Å²) in [4.78, 5) is 32.5. The zero-order valence-electron chi connectivity index (χ0n) is 14.5. The Bertz CT molecular complexity index is 1020. The van der Waals surface area contributed by atoms with Crippen LogP contribution in [0.5, 0.6) is 5.75 Å². The maximum atomic E-state index is 12.8. The molecule has 1 aliphatic heterocycles. The second-order valence-corrected chi connectivity index (χ2v) is 7.34. The van der Waals surface area contributed by atoms with Gasteiger partial charge in [-0.25, -0.2) is 4.98 Å². The first-order valence-electron chi connectivity index (χ1n) is 8.66. The summed E-state index contributed by atoms with van der Waals surface area (Å²) in [6.07, 6.45) is 3.80. The molecule has 26 heavy (non-hydrogen) atoms. The summed E-state index contributed by atoms with van der Waals surface area (Å²) >= 11 is 1.39. The third kappa shape index (κ3) is 3.06. The van der Waals surface area contributed by atoms with Crippen molar-refractivity contribution in [1.29, 1.82) is 0 Å². The van der Waals surface area contributed by atoms with Crippen LogP contribution in [0.4, 0.5) is 0 Å². The number of aromatic nitrogens is 2. The highest BCUT2D eigenvalue weighted by Gasteiger charge is 2.17. The molecule has 0 atom stereocenters. The standard InChI is InChI=1S/C18H20N4O3S/c1-25-12-4-5-14-15(10-12)26-18-20-11-13(17(24)22(14)18)16(23)19-6-9-21-7-2-3-8-21/h4-5,10-11H,2-3,6-9H2,1H3,(H,19,23). The van der Waals surface area contributed by atoms with E-state index >= 15 is 0 Å². The van der Waals surface area contributed by atoms with Gasteiger partial charge in [-0.05, 0) is 44.1 Å². The highest BCUT2D eigenvalue weighted by Crippen LogP contribution is 2.27. The minimum atomic E-state index is -0.371. The zero-order chi connectivity index (χ0) is 18.1. The molecule has 0 bridgehead atoms. The number of nitrogens with one attached hydrogen (secondary N) is 1. The minimum absolute atomic E-state index is 0.0689. The fourth-order valence-corrected chi connectivity index (χ4v) is 4.31. The van der Waals surface area contributed by atoms with E-state index in [4.69, 9.17) is 4.74 Å². The number of hydrogen-bond acceptors (Lipinski definition) is 6. The quantitative estimate of drug-likeness (QED) is 0.738. The van der Waals surface area contributed by atoms with Crippen LogP contribution in [0.1, 0.15) is 23.2 Å². The number of methoxy groups -OCH3 is 1. The Labute approximate surface area is 154 Å². The number of hydrogen-bond donors (Lipinski definition) is 1. The first kappa shape index (κ1) is 17.0. The molecule has 8 heteroatoms. The number of thiazole rings is 1. The predicted molar refractivity (Wildman–Crippen MR) is 101 cm³/mol. The second-order valence-electron chi connectivity index (χ2n) is 6.34. The summed E-state index contributed by atoms with van der Waals surface area (Å²) in [5.41, 5.74) is 0.458. The van der Waals surface area contributed by atoms with E-state index in [1.54, 1.807) is 13.2 Å². The number of nitrogens with zero attached hydrogens (tertiary/aromatic N) is 3. The summed E-state index contributed by atoms with van der Waals surface area (Å²) in [6.45, 7) is 3.50. The van der Waals surface area contributed by atoms with E-state index < -0.39 is 0 Å².